The smallest absolute Gasteiger partial charge is 0.300 e. The van der Waals surface area contributed by atoms with E-state index in [1.54, 1.807) is 86.6 Å². The molecule has 4 aromatic heterocycles. The Kier molecular flexibility index (Phi) is 7.47. The Morgan fingerprint density at radius 1 is 1.02 bits per heavy atom. The zero-order chi connectivity index (χ0) is 35.6. The molecule has 1 saturated carbocycles. The minimum absolute atomic E-state index is 0.102. The van der Waals surface area contributed by atoms with E-state index in [0.717, 1.165) is 0 Å². The van der Waals surface area contributed by atoms with Crippen molar-refractivity contribution in [3.8, 4) is 17.5 Å². The first-order valence-electron chi connectivity index (χ1n) is 16.0. The summed E-state index contributed by atoms with van der Waals surface area (Å²) >= 11 is 0. The number of rotatable bonds is 8. The number of pyridine rings is 1. The van der Waals surface area contributed by atoms with Gasteiger partial charge in [-0.15, -0.1) is 5.10 Å². The molecule has 0 unspecified atom stereocenters. The van der Waals surface area contributed by atoms with E-state index in [1.165, 1.54) is 26.4 Å². The molecule has 2 aliphatic rings. The maximum absolute atomic E-state index is 14.8. The van der Waals surface area contributed by atoms with Gasteiger partial charge in [-0.2, -0.15) is 18.2 Å². The third-order valence-electron chi connectivity index (χ3n) is 8.80. The molecule has 0 spiro atoms. The molecule has 8 rings (SSSR count). The minimum atomic E-state index is -4.07. The van der Waals surface area contributed by atoms with Crippen molar-refractivity contribution in [1.29, 1.82) is 0 Å². The lowest BCUT2D eigenvalue weighted by molar-refractivity contribution is 0.0935. The summed E-state index contributed by atoms with van der Waals surface area (Å²) in [5.74, 6) is 4.85. The van der Waals surface area contributed by atoms with Crippen LogP contribution in [0.4, 0.5) is 11.5 Å². The van der Waals surface area contributed by atoms with Crippen LogP contribution in [0.25, 0.3) is 22.1 Å². The lowest BCUT2D eigenvalue weighted by atomic mass is 9.97. The van der Waals surface area contributed by atoms with Gasteiger partial charge in [-0.25, -0.2) is 9.50 Å². The molecule has 6 aromatic rings. The second kappa shape index (κ2) is 11.9. The summed E-state index contributed by atoms with van der Waals surface area (Å²) in [6.07, 6.45) is 7.80. The topological polar surface area (TPSA) is 178 Å². The fourth-order valence-electron chi connectivity index (χ4n) is 6.36. The molecule has 2 aromatic carbocycles. The number of hydrogen-bond acceptors (Lipinski definition) is 8. The van der Waals surface area contributed by atoms with E-state index < -0.39 is 27.7 Å². The lowest BCUT2D eigenvalue weighted by Gasteiger charge is -2.23. The largest absolute Gasteiger partial charge is 0.344 e. The number of aryl methyl sites for hydroxylation is 1. The second-order valence-corrected chi connectivity index (χ2v) is 13.9. The molecular formula is C35H30N10O5S. The van der Waals surface area contributed by atoms with Crippen LogP contribution in [0.5, 0.6) is 0 Å². The van der Waals surface area contributed by atoms with Gasteiger partial charge in [0, 0.05) is 55.4 Å². The number of nitrogens with zero attached hydrogens (tertiary/aromatic N) is 7. The maximum Gasteiger partial charge on any atom is 0.300 e. The van der Waals surface area contributed by atoms with E-state index in [4.69, 9.17) is 0 Å². The van der Waals surface area contributed by atoms with E-state index in [-0.39, 0.29) is 45.6 Å². The quantitative estimate of drug-likeness (QED) is 0.203. The number of anilines is 2. The van der Waals surface area contributed by atoms with Crippen LogP contribution in [0.1, 0.15) is 63.3 Å². The predicted molar refractivity (Wildman–Crippen MR) is 189 cm³/mol. The number of hydrogen-bond donors (Lipinski definition) is 3. The number of para-hydroxylation sites is 1. The van der Waals surface area contributed by atoms with Crippen molar-refractivity contribution >= 4 is 49.9 Å². The van der Waals surface area contributed by atoms with Gasteiger partial charge >= 0.3 is 10.2 Å². The molecule has 0 saturated heterocycles. The minimum Gasteiger partial charge on any atom is -0.344 e. The van der Waals surface area contributed by atoms with Crippen LogP contribution in [0.2, 0.25) is 0 Å². The highest BCUT2D eigenvalue weighted by Crippen LogP contribution is 2.40. The number of benzene rings is 2. The first kappa shape index (κ1) is 31.9. The normalized spacial score (nSPS) is 14.5. The summed E-state index contributed by atoms with van der Waals surface area (Å²) in [4.78, 5) is 48.9. The standard InChI is InChI=1S/C35H30N10O5S/c1-20(38-33(46)29-31(39-44-17-7-16-36-32(29)44)41-51(49,50)40-23-13-14-23)30-28-27-25(43(3)34(28)47)15-12-22(11-10-21-18-37-42(2)19-21)26(27)35(48)45(30)24-8-5-4-6-9-24/h4-9,12,15-20,23,40H,13-14H2,1-3H3,(H,38,46)(H,39,41)/t20-/m0/s1. The molecule has 5 heterocycles. The van der Waals surface area contributed by atoms with Crippen LogP contribution < -0.4 is 25.2 Å². The molecule has 1 fully saturated rings. The molecule has 15 nitrogen and oxygen atoms in total. The third kappa shape index (κ3) is 5.58. The Labute approximate surface area is 291 Å². The first-order chi connectivity index (χ1) is 24.5. The van der Waals surface area contributed by atoms with Crippen molar-refractivity contribution in [2.75, 3.05) is 16.7 Å². The Morgan fingerprint density at radius 2 is 1.80 bits per heavy atom. The molecule has 1 atom stereocenters. The van der Waals surface area contributed by atoms with Crippen molar-refractivity contribution in [2.45, 2.75) is 31.8 Å². The average Bonchev–Trinajstić information content (AvgIpc) is 3.59. The number of carbonyl (C=O) groups excluding carboxylic acids is 2. The monoisotopic (exact) mass is 702 g/mol. The fraction of sp³-hybridized carbons (Fsp3) is 0.200. The first-order valence-corrected chi connectivity index (χ1v) is 17.5. The molecule has 0 radical (unpaired) electrons. The molecule has 0 bridgehead atoms. The molecule has 1 aliphatic heterocycles. The number of nitrogens with one attached hydrogen (secondary N) is 3. The van der Waals surface area contributed by atoms with Crippen molar-refractivity contribution in [3.63, 3.8) is 0 Å². The Balaban J connectivity index is 1.29. The summed E-state index contributed by atoms with van der Waals surface area (Å²) in [7, 11) is -0.659. The molecular weight excluding hydrogens is 673 g/mol. The molecule has 51 heavy (non-hydrogen) atoms. The number of carbonyl (C=O) groups is 2. The Hall–Kier alpha value is -6.31. The van der Waals surface area contributed by atoms with Gasteiger partial charge in [0.2, 0.25) is 0 Å². The zero-order valence-electron chi connectivity index (χ0n) is 27.6. The third-order valence-corrected chi connectivity index (χ3v) is 9.90. The van der Waals surface area contributed by atoms with E-state index in [2.05, 4.69) is 41.8 Å². The summed E-state index contributed by atoms with van der Waals surface area (Å²) < 4.78 is 35.1. The second-order valence-electron chi connectivity index (χ2n) is 12.4. The average molecular weight is 703 g/mol. The SMILES string of the molecule is C[C@H](NC(=O)c1c(NS(=O)(=O)NC2CC2)nn2cccnc12)c1c2c3c(ccc(C#Cc4cnn(C)c4)c3c(=O)n1-c1ccccc1)N(C)C2=O. The van der Waals surface area contributed by atoms with Crippen LogP contribution in [0.3, 0.4) is 0 Å². The van der Waals surface area contributed by atoms with Crippen LogP contribution in [-0.4, -0.2) is 62.3 Å². The van der Waals surface area contributed by atoms with E-state index in [0.29, 0.717) is 40.7 Å². The highest BCUT2D eigenvalue weighted by molar-refractivity contribution is 7.90. The van der Waals surface area contributed by atoms with Gasteiger partial charge in [0.1, 0.15) is 5.56 Å². The predicted octanol–water partition coefficient (Wildman–Crippen LogP) is 2.66. The van der Waals surface area contributed by atoms with Gasteiger partial charge in [-0.05, 0) is 50.1 Å². The zero-order valence-corrected chi connectivity index (χ0v) is 28.4. The lowest BCUT2D eigenvalue weighted by Crippen LogP contribution is -2.36. The number of fused-ring (bicyclic) bond motifs is 1. The number of aromatic nitrogens is 6. The summed E-state index contributed by atoms with van der Waals surface area (Å²) in [5, 5.41) is 12.0. The van der Waals surface area contributed by atoms with Gasteiger partial charge in [0.05, 0.1) is 40.1 Å². The van der Waals surface area contributed by atoms with Crippen molar-refractivity contribution in [1.82, 2.24) is 39.0 Å². The summed E-state index contributed by atoms with van der Waals surface area (Å²) in [5.41, 5.74) is 2.08. The molecule has 3 N–H and O–H groups in total. The van der Waals surface area contributed by atoms with Gasteiger partial charge in [-0.3, -0.25) is 28.4 Å². The van der Waals surface area contributed by atoms with Gasteiger partial charge in [-0.1, -0.05) is 30.0 Å². The molecule has 1 aliphatic carbocycles. The van der Waals surface area contributed by atoms with Gasteiger partial charge in [0.25, 0.3) is 17.4 Å². The van der Waals surface area contributed by atoms with E-state index in [9.17, 15) is 22.8 Å². The highest BCUT2D eigenvalue weighted by Gasteiger charge is 2.37. The van der Waals surface area contributed by atoms with Gasteiger partial charge in [0.15, 0.2) is 11.5 Å². The number of amides is 2. The maximum atomic E-state index is 14.8. The van der Waals surface area contributed by atoms with Crippen LogP contribution >= 0.6 is 0 Å². The Bertz CT molecular complexity index is 2670. The van der Waals surface area contributed by atoms with Gasteiger partial charge < -0.3 is 10.2 Å². The molecule has 256 valence electrons. The highest BCUT2D eigenvalue weighted by atomic mass is 32.2. The van der Waals surface area contributed by atoms with Crippen molar-refractivity contribution in [2.24, 2.45) is 7.05 Å². The van der Waals surface area contributed by atoms with E-state index in [1.807, 2.05) is 0 Å². The molecule has 2 amide bonds. The molecule has 16 heteroatoms. The Morgan fingerprint density at radius 3 is 2.53 bits per heavy atom. The van der Waals surface area contributed by atoms with Crippen LogP contribution in [0, 0.1) is 11.8 Å². The van der Waals surface area contributed by atoms with Crippen molar-refractivity contribution in [3.05, 3.63) is 112 Å². The van der Waals surface area contributed by atoms with E-state index >= 15 is 0 Å². The summed E-state index contributed by atoms with van der Waals surface area (Å²) in [6, 6.07) is 12.7. The van der Waals surface area contributed by atoms with Crippen LogP contribution in [-0.2, 0) is 17.3 Å². The van der Waals surface area contributed by atoms with Crippen molar-refractivity contribution < 1.29 is 18.0 Å². The van der Waals surface area contributed by atoms with Crippen LogP contribution in [0.15, 0.2) is 78.1 Å². The fourth-order valence-corrected chi connectivity index (χ4v) is 7.49. The summed E-state index contributed by atoms with van der Waals surface area (Å²) in [6.45, 7) is 1.66.